The van der Waals surface area contributed by atoms with Crippen LogP contribution in [-0.2, 0) is 20.0 Å². The fourth-order valence-corrected chi connectivity index (χ4v) is 3.93. The van der Waals surface area contributed by atoms with Gasteiger partial charge in [0.2, 0.25) is 0 Å². The highest BCUT2D eigenvalue weighted by molar-refractivity contribution is 9.10. The molecule has 3 aromatic rings. The molecule has 3 aromatic heterocycles. The third-order valence-corrected chi connectivity index (χ3v) is 5.92. The van der Waals surface area contributed by atoms with Gasteiger partial charge in [0.25, 0.3) is 11.8 Å². The maximum Gasteiger partial charge on any atom is 0.274 e. The molecule has 152 valence electrons. The lowest BCUT2D eigenvalue weighted by Gasteiger charge is -2.27. The molecule has 0 bridgehead atoms. The Kier molecular flexibility index (Phi) is 4.94. The number of amides is 2. The van der Waals surface area contributed by atoms with E-state index in [2.05, 4.69) is 26.1 Å². The first-order chi connectivity index (χ1) is 13.8. The zero-order valence-corrected chi connectivity index (χ0v) is 18.5. The first-order valence-corrected chi connectivity index (χ1v) is 10.3. The predicted molar refractivity (Wildman–Crippen MR) is 112 cm³/mol. The van der Waals surface area contributed by atoms with Crippen LogP contribution in [0.4, 0.5) is 0 Å². The summed E-state index contributed by atoms with van der Waals surface area (Å²) >= 11 is 3.44. The van der Waals surface area contributed by atoms with E-state index in [0.29, 0.717) is 30.9 Å². The molecule has 0 atom stereocenters. The van der Waals surface area contributed by atoms with Gasteiger partial charge in [-0.15, -0.1) is 0 Å². The Bertz CT molecular complexity index is 1120. The number of nitrogens with zero attached hydrogens (tertiary/aromatic N) is 6. The van der Waals surface area contributed by atoms with Gasteiger partial charge in [-0.3, -0.25) is 14.3 Å². The van der Waals surface area contributed by atoms with Crippen molar-refractivity contribution in [1.29, 1.82) is 0 Å². The molecule has 0 radical (unpaired) electrons. The van der Waals surface area contributed by atoms with Crippen LogP contribution in [0.2, 0.25) is 0 Å². The van der Waals surface area contributed by atoms with E-state index in [1.165, 1.54) is 0 Å². The van der Waals surface area contributed by atoms with Gasteiger partial charge < -0.3 is 9.80 Å². The van der Waals surface area contributed by atoms with Gasteiger partial charge in [0.15, 0.2) is 5.69 Å². The second-order valence-electron chi connectivity index (χ2n) is 7.63. The highest BCUT2D eigenvalue weighted by Crippen LogP contribution is 2.25. The summed E-state index contributed by atoms with van der Waals surface area (Å²) in [5, 5.41) is 8.94. The van der Waals surface area contributed by atoms with Crippen molar-refractivity contribution in [3.63, 3.8) is 0 Å². The van der Waals surface area contributed by atoms with Gasteiger partial charge in [-0.1, -0.05) is 15.9 Å². The Morgan fingerprint density at radius 2 is 2.00 bits per heavy atom. The monoisotopic (exact) mass is 458 g/mol. The number of pyridine rings is 1. The zero-order chi connectivity index (χ0) is 20.9. The van der Waals surface area contributed by atoms with Crippen LogP contribution in [0.25, 0.3) is 5.52 Å². The second-order valence-corrected chi connectivity index (χ2v) is 8.54. The topological polar surface area (TPSA) is 75.7 Å². The average molecular weight is 459 g/mol. The molecule has 0 fully saturated rings. The van der Waals surface area contributed by atoms with Crippen molar-refractivity contribution in [2.24, 2.45) is 7.05 Å². The first-order valence-electron chi connectivity index (χ1n) is 9.52. The highest BCUT2D eigenvalue weighted by atomic mass is 79.9. The molecule has 0 aromatic carbocycles. The molecule has 0 spiro atoms. The van der Waals surface area contributed by atoms with Crippen molar-refractivity contribution in [1.82, 2.24) is 29.2 Å². The van der Waals surface area contributed by atoms with E-state index in [-0.39, 0.29) is 17.9 Å². The molecule has 0 saturated heterocycles. The molecule has 1 aliphatic heterocycles. The molecule has 0 aliphatic carbocycles. The molecular weight excluding hydrogens is 436 g/mol. The summed E-state index contributed by atoms with van der Waals surface area (Å²) in [6.45, 7) is 4.84. The average Bonchev–Trinajstić information content (AvgIpc) is 3.25. The van der Waals surface area contributed by atoms with Gasteiger partial charge in [-0.2, -0.15) is 10.2 Å². The summed E-state index contributed by atoms with van der Waals surface area (Å²) in [4.78, 5) is 29.5. The number of fused-ring (bicyclic) bond motifs is 2. The minimum atomic E-state index is -0.144. The summed E-state index contributed by atoms with van der Waals surface area (Å²) in [6.07, 6.45) is 2.43. The maximum atomic E-state index is 13.1. The summed E-state index contributed by atoms with van der Waals surface area (Å²) in [5.41, 5.74) is 3.50. The largest absolute Gasteiger partial charge is 0.338 e. The number of rotatable bonds is 3. The number of carbonyl (C=O) groups excluding carboxylic acids is 2. The van der Waals surface area contributed by atoms with E-state index in [1.54, 1.807) is 39.2 Å². The zero-order valence-electron chi connectivity index (χ0n) is 16.9. The molecule has 2 amide bonds. The van der Waals surface area contributed by atoms with Crippen LogP contribution in [0.15, 0.2) is 28.9 Å². The molecule has 0 saturated carbocycles. The molecule has 0 unspecified atom stereocenters. The third kappa shape index (κ3) is 3.43. The normalized spacial score (nSPS) is 13.8. The van der Waals surface area contributed by atoms with E-state index < -0.39 is 0 Å². The Morgan fingerprint density at radius 1 is 1.24 bits per heavy atom. The molecule has 0 N–H and O–H groups in total. The lowest BCUT2D eigenvalue weighted by atomic mass is 10.0. The minimum absolute atomic E-state index is 0.0756. The Morgan fingerprint density at radius 3 is 2.72 bits per heavy atom. The number of halogens is 1. The Hall–Kier alpha value is -2.68. The fourth-order valence-electron chi connectivity index (χ4n) is 3.58. The van der Waals surface area contributed by atoms with E-state index >= 15 is 0 Å². The van der Waals surface area contributed by atoms with Crippen LogP contribution in [0.1, 0.15) is 46.1 Å². The number of hydrogen-bond donors (Lipinski definition) is 0. The molecule has 9 heteroatoms. The van der Waals surface area contributed by atoms with Gasteiger partial charge in [0, 0.05) is 49.3 Å². The van der Waals surface area contributed by atoms with Crippen molar-refractivity contribution in [2.45, 2.75) is 32.9 Å². The third-order valence-electron chi connectivity index (χ3n) is 5.43. The van der Waals surface area contributed by atoms with Gasteiger partial charge in [0.1, 0.15) is 5.69 Å². The van der Waals surface area contributed by atoms with Crippen molar-refractivity contribution in [2.75, 3.05) is 13.6 Å². The fraction of sp³-hybridized carbons (Fsp3) is 0.400. The lowest BCUT2D eigenvalue weighted by Crippen LogP contribution is -2.38. The van der Waals surface area contributed by atoms with Crippen molar-refractivity contribution >= 4 is 33.3 Å². The van der Waals surface area contributed by atoms with Crippen LogP contribution in [-0.4, -0.2) is 60.6 Å². The Labute approximate surface area is 177 Å². The van der Waals surface area contributed by atoms with Crippen LogP contribution < -0.4 is 0 Å². The van der Waals surface area contributed by atoms with Gasteiger partial charge in [0.05, 0.1) is 17.8 Å². The number of aromatic nitrogens is 4. The Balaban J connectivity index is 1.63. The first kappa shape index (κ1) is 19.6. The van der Waals surface area contributed by atoms with Crippen molar-refractivity contribution in [3.05, 3.63) is 51.5 Å². The molecule has 29 heavy (non-hydrogen) atoms. The van der Waals surface area contributed by atoms with Crippen LogP contribution in [0.3, 0.4) is 0 Å². The van der Waals surface area contributed by atoms with Gasteiger partial charge >= 0.3 is 0 Å². The van der Waals surface area contributed by atoms with Gasteiger partial charge in [-0.25, -0.2) is 4.52 Å². The van der Waals surface area contributed by atoms with Crippen molar-refractivity contribution < 1.29 is 9.59 Å². The smallest absolute Gasteiger partial charge is 0.274 e. The SMILES string of the molecule is CC(C)N(C)C(=O)c1c2c(nn1C)CCN(C(=O)c1cc3cc(Br)ccn3n1)C2. The van der Waals surface area contributed by atoms with E-state index in [4.69, 9.17) is 0 Å². The summed E-state index contributed by atoms with van der Waals surface area (Å²) in [5.74, 6) is -0.224. The molecule has 8 nitrogen and oxygen atoms in total. The molecule has 4 heterocycles. The lowest BCUT2D eigenvalue weighted by molar-refractivity contribution is 0.0706. The van der Waals surface area contributed by atoms with Crippen LogP contribution in [0.5, 0.6) is 0 Å². The van der Waals surface area contributed by atoms with Crippen molar-refractivity contribution in [3.8, 4) is 0 Å². The predicted octanol–water partition coefficient (Wildman–Crippen LogP) is 2.51. The standard InChI is InChI=1S/C20H23BrN6O2/c1-12(2)24(3)20(29)18-15-11-26(7-6-16(15)22-25(18)4)19(28)17-10-14-9-13(21)5-8-27(14)23-17/h5,8-10,12H,6-7,11H2,1-4H3. The number of aryl methyl sites for hydroxylation is 1. The second kappa shape index (κ2) is 7.29. The summed E-state index contributed by atoms with van der Waals surface area (Å²) in [6, 6.07) is 5.65. The maximum absolute atomic E-state index is 13.1. The van der Waals surface area contributed by atoms with E-state index in [0.717, 1.165) is 21.2 Å². The van der Waals surface area contributed by atoms with E-state index in [1.807, 2.05) is 32.2 Å². The summed E-state index contributed by atoms with van der Waals surface area (Å²) in [7, 11) is 3.57. The molecular formula is C20H23BrN6O2. The van der Waals surface area contributed by atoms with E-state index in [9.17, 15) is 9.59 Å². The molecule has 4 rings (SSSR count). The number of hydrogen-bond acceptors (Lipinski definition) is 4. The quantitative estimate of drug-likeness (QED) is 0.604. The summed E-state index contributed by atoms with van der Waals surface area (Å²) < 4.78 is 4.26. The minimum Gasteiger partial charge on any atom is -0.338 e. The van der Waals surface area contributed by atoms with Crippen LogP contribution >= 0.6 is 15.9 Å². The van der Waals surface area contributed by atoms with Crippen LogP contribution in [0, 0.1) is 0 Å². The van der Waals surface area contributed by atoms with Gasteiger partial charge in [-0.05, 0) is 32.0 Å². The number of carbonyl (C=O) groups is 2. The molecule has 1 aliphatic rings. The highest BCUT2D eigenvalue weighted by Gasteiger charge is 2.32.